The second-order valence-corrected chi connectivity index (χ2v) is 8.03. The van der Waals surface area contributed by atoms with E-state index in [1.807, 2.05) is 17.8 Å². The Morgan fingerprint density at radius 1 is 1.00 bits per heavy atom. The molecule has 1 nitrogen and oxygen atoms in total. The zero-order valence-electron chi connectivity index (χ0n) is 14.2. The molecule has 0 aliphatic rings. The highest BCUT2D eigenvalue weighted by Crippen LogP contribution is 2.32. The van der Waals surface area contributed by atoms with Gasteiger partial charge in [0.2, 0.25) is 0 Å². The average Bonchev–Trinajstić information content (AvgIpc) is 2.42. The van der Waals surface area contributed by atoms with Crippen LogP contribution < -0.4 is 0 Å². The molecule has 0 atom stereocenters. The summed E-state index contributed by atoms with van der Waals surface area (Å²) in [4.78, 5) is 0. The first-order valence-corrected chi connectivity index (χ1v) is 9.50. The number of aromatic hydroxyl groups is 1. The molecular weight excluding hydrogens is 276 g/mol. The zero-order valence-corrected chi connectivity index (χ0v) is 15.1. The molecule has 120 valence electrons. The van der Waals surface area contributed by atoms with Crippen molar-refractivity contribution in [3.05, 3.63) is 29.3 Å². The first kappa shape index (κ1) is 18.4. The van der Waals surface area contributed by atoms with Gasteiger partial charge in [0.05, 0.1) is 0 Å². The van der Waals surface area contributed by atoms with Crippen LogP contribution in [0.2, 0.25) is 0 Å². The highest BCUT2D eigenvalue weighted by atomic mass is 32.2. The van der Waals surface area contributed by atoms with E-state index in [9.17, 15) is 5.11 Å². The van der Waals surface area contributed by atoms with Gasteiger partial charge in [0, 0.05) is 5.75 Å². The summed E-state index contributed by atoms with van der Waals surface area (Å²) in [6.07, 6.45) is 8.20. The number of phenols is 1. The summed E-state index contributed by atoms with van der Waals surface area (Å²) in [5.41, 5.74) is 2.39. The van der Waals surface area contributed by atoms with Crippen molar-refractivity contribution in [1.29, 1.82) is 0 Å². The third kappa shape index (κ3) is 7.26. The minimum absolute atomic E-state index is 0.00401. The van der Waals surface area contributed by atoms with E-state index < -0.39 is 0 Å². The molecule has 0 aromatic heterocycles. The predicted octanol–water partition coefficient (Wildman–Crippen LogP) is 6.28. The van der Waals surface area contributed by atoms with E-state index in [4.69, 9.17) is 0 Å². The normalized spacial score (nSPS) is 11.8. The van der Waals surface area contributed by atoms with Gasteiger partial charge in [-0.1, -0.05) is 71.9 Å². The lowest BCUT2D eigenvalue weighted by molar-refractivity contribution is 0.446. The second kappa shape index (κ2) is 9.40. The summed E-state index contributed by atoms with van der Waals surface area (Å²) >= 11 is 2.01. The number of benzene rings is 1. The SMILES string of the molecule is CCCCCCCCSCc1ccc(O)c(C(C)(C)C)c1. The van der Waals surface area contributed by atoms with Crippen molar-refractivity contribution in [2.75, 3.05) is 5.75 Å². The van der Waals surface area contributed by atoms with Crippen LogP contribution >= 0.6 is 11.8 Å². The third-order valence-corrected chi connectivity index (χ3v) is 4.89. The predicted molar refractivity (Wildman–Crippen MR) is 96.3 cm³/mol. The van der Waals surface area contributed by atoms with Gasteiger partial charge < -0.3 is 5.11 Å². The largest absolute Gasteiger partial charge is 0.508 e. The molecule has 0 heterocycles. The van der Waals surface area contributed by atoms with Crippen LogP contribution in [0.1, 0.15) is 77.3 Å². The summed E-state index contributed by atoms with van der Waals surface area (Å²) in [7, 11) is 0. The summed E-state index contributed by atoms with van der Waals surface area (Å²) in [6, 6.07) is 6.07. The van der Waals surface area contributed by atoms with Crippen LogP contribution in [-0.2, 0) is 11.2 Å². The minimum atomic E-state index is 0.00401. The number of thioether (sulfide) groups is 1. The van der Waals surface area contributed by atoms with Crippen LogP contribution in [-0.4, -0.2) is 10.9 Å². The molecule has 1 aromatic carbocycles. The number of unbranched alkanes of at least 4 members (excludes halogenated alkanes) is 5. The molecule has 0 fully saturated rings. The lowest BCUT2D eigenvalue weighted by Gasteiger charge is -2.21. The van der Waals surface area contributed by atoms with E-state index in [1.165, 1.54) is 49.8 Å². The average molecular weight is 309 g/mol. The Bertz CT molecular complexity index is 407. The van der Waals surface area contributed by atoms with Crippen LogP contribution in [0.4, 0.5) is 0 Å². The third-order valence-electron chi connectivity index (χ3n) is 3.78. The molecule has 0 saturated carbocycles. The standard InChI is InChI=1S/C19H32OS/c1-5-6-7-8-9-10-13-21-15-16-11-12-18(20)17(14-16)19(2,3)4/h11-12,14,20H,5-10,13,15H2,1-4H3. The highest BCUT2D eigenvalue weighted by Gasteiger charge is 2.18. The van der Waals surface area contributed by atoms with E-state index in [-0.39, 0.29) is 5.41 Å². The summed E-state index contributed by atoms with van der Waals surface area (Å²) < 4.78 is 0. The summed E-state index contributed by atoms with van der Waals surface area (Å²) in [6.45, 7) is 8.71. The van der Waals surface area contributed by atoms with Gasteiger partial charge in [-0.25, -0.2) is 0 Å². The molecule has 1 aromatic rings. The maximum Gasteiger partial charge on any atom is 0.119 e. The molecule has 0 unspecified atom stereocenters. The lowest BCUT2D eigenvalue weighted by Crippen LogP contribution is -2.11. The Kier molecular flexibility index (Phi) is 8.24. The molecule has 0 aliphatic heterocycles. The Hall–Kier alpha value is -0.630. The molecular formula is C19H32OS. The molecule has 0 amide bonds. The minimum Gasteiger partial charge on any atom is -0.508 e. The van der Waals surface area contributed by atoms with Crippen molar-refractivity contribution in [3.63, 3.8) is 0 Å². The van der Waals surface area contributed by atoms with Gasteiger partial charge in [0.15, 0.2) is 0 Å². The van der Waals surface area contributed by atoms with E-state index in [1.54, 1.807) is 0 Å². The van der Waals surface area contributed by atoms with Gasteiger partial charge in [-0.05, 0) is 34.8 Å². The Balaban J connectivity index is 2.30. The Labute approximate surface area is 135 Å². The van der Waals surface area contributed by atoms with Crippen molar-refractivity contribution in [2.24, 2.45) is 0 Å². The van der Waals surface area contributed by atoms with Crippen molar-refractivity contribution in [2.45, 2.75) is 77.4 Å². The second-order valence-electron chi connectivity index (χ2n) is 6.92. The zero-order chi connectivity index (χ0) is 15.7. The molecule has 0 radical (unpaired) electrons. The molecule has 0 aliphatic carbocycles. The molecule has 1 rings (SSSR count). The quantitative estimate of drug-likeness (QED) is 0.541. The molecule has 0 saturated heterocycles. The van der Waals surface area contributed by atoms with Gasteiger partial charge in [0.1, 0.15) is 5.75 Å². The fraction of sp³-hybridized carbons (Fsp3) is 0.684. The highest BCUT2D eigenvalue weighted by molar-refractivity contribution is 7.98. The van der Waals surface area contributed by atoms with Crippen LogP contribution in [0.15, 0.2) is 18.2 Å². The molecule has 0 bridgehead atoms. The van der Waals surface area contributed by atoms with Gasteiger partial charge in [0.25, 0.3) is 0 Å². The fourth-order valence-corrected chi connectivity index (χ4v) is 3.42. The van der Waals surface area contributed by atoms with Crippen LogP contribution in [0.25, 0.3) is 0 Å². The van der Waals surface area contributed by atoms with Crippen molar-refractivity contribution in [1.82, 2.24) is 0 Å². The monoisotopic (exact) mass is 308 g/mol. The molecule has 2 heteroatoms. The molecule has 1 N–H and O–H groups in total. The smallest absolute Gasteiger partial charge is 0.119 e. The number of hydrogen-bond acceptors (Lipinski definition) is 2. The van der Waals surface area contributed by atoms with Crippen LogP contribution in [0, 0.1) is 0 Å². The topological polar surface area (TPSA) is 20.2 Å². The first-order chi connectivity index (χ1) is 9.95. The summed E-state index contributed by atoms with van der Waals surface area (Å²) in [5, 5.41) is 9.98. The lowest BCUT2D eigenvalue weighted by atomic mass is 9.85. The summed E-state index contributed by atoms with van der Waals surface area (Å²) in [5.74, 6) is 2.73. The number of phenolic OH excluding ortho intramolecular Hbond substituents is 1. The van der Waals surface area contributed by atoms with Gasteiger partial charge in [-0.15, -0.1) is 0 Å². The Morgan fingerprint density at radius 3 is 2.33 bits per heavy atom. The van der Waals surface area contributed by atoms with Crippen molar-refractivity contribution in [3.8, 4) is 5.75 Å². The van der Waals surface area contributed by atoms with E-state index in [0.717, 1.165) is 11.3 Å². The van der Waals surface area contributed by atoms with Crippen molar-refractivity contribution >= 4 is 11.8 Å². The van der Waals surface area contributed by atoms with E-state index in [0.29, 0.717) is 5.75 Å². The molecule has 0 spiro atoms. The van der Waals surface area contributed by atoms with Crippen LogP contribution in [0.5, 0.6) is 5.75 Å². The first-order valence-electron chi connectivity index (χ1n) is 8.35. The fourth-order valence-electron chi connectivity index (χ4n) is 2.45. The maximum atomic E-state index is 9.98. The van der Waals surface area contributed by atoms with Crippen LogP contribution in [0.3, 0.4) is 0 Å². The number of rotatable bonds is 9. The Morgan fingerprint density at radius 2 is 1.67 bits per heavy atom. The maximum absolute atomic E-state index is 9.98. The van der Waals surface area contributed by atoms with E-state index in [2.05, 4.69) is 39.8 Å². The molecule has 21 heavy (non-hydrogen) atoms. The van der Waals surface area contributed by atoms with Gasteiger partial charge >= 0.3 is 0 Å². The number of hydrogen-bond donors (Lipinski definition) is 1. The van der Waals surface area contributed by atoms with Gasteiger partial charge in [-0.3, -0.25) is 0 Å². The van der Waals surface area contributed by atoms with Crippen molar-refractivity contribution < 1.29 is 5.11 Å². The van der Waals surface area contributed by atoms with Gasteiger partial charge in [-0.2, -0.15) is 11.8 Å². The van der Waals surface area contributed by atoms with E-state index >= 15 is 0 Å².